The zero-order valence-electron chi connectivity index (χ0n) is 30.0. The summed E-state index contributed by atoms with van der Waals surface area (Å²) in [5.74, 6) is 3.67. The quantitative estimate of drug-likeness (QED) is 0.139. The first-order valence-corrected chi connectivity index (χ1v) is 18.8. The molecule has 9 nitrogen and oxygen atoms in total. The second-order valence-corrected chi connectivity index (χ2v) is 15.2. The van der Waals surface area contributed by atoms with Crippen molar-refractivity contribution in [2.24, 2.45) is 11.8 Å². The number of fused-ring (bicyclic) bond motifs is 8. The van der Waals surface area contributed by atoms with Gasteiger partial charge < -0.3 is 29.9 Å². The standard InChI is InChI=1S/C44H46O9/c1-2-13-44(51)35-11-12-38(47)33(19-35)15-27-7-3-5-26(14-27)6-4-8-31-18-29(32-16-28(25-45)17-36(46)20-32)9-10-30-23-42(49)52-40-24-39(48)34(21-37(30)40)22-41(44)53-43(31)50/h3,5,7-8,14,16-17,20-21,24,29-30,33,35,41,45-46,48,51H,2,4,6,11-13,15,18-19,22-23,25H2,1H3. The Bertz CT molecular complexity index is 2020. The van der Waals surface area contributed by atoms with E-state index < -0.39 is 35.5 Å². The lowest BCUT2D eigenvalue weighted by atomic mass is 9.66. The van der Waals surface area contributed by atoms with E-state index in [1.165, 1.54) is 12.1 Å². The minimum atomic E-state index is -1.54. The van der Waals surface area contributed by atoms with Crippen LogP contribution in [0.25, 0.3) is 0 Å². The molecule has 4 N–H and O–H groups in total. The maximum atomic E-state index is 14.6. The zero-order valence-corrected chi connectivity index (χ0v) is 30.0. The van der Waals surface area contributed by atoms with E-state index in [0.29, 0.717) is 79.2 Å². The number of phenols is 2. The lowest BCUT2D eigenvalue weighted by molar-refractivity contribution is -0.176. The Morgan fingerprint density at radius 3 is 2.53 bits per heavy atom. The van der Waals surface area contributed by atoms with Crippen LogP contribution in [-0.4, -0.2) is 49.9 Å². The van der Waals surface area contributed by atoms with E-state index >= 15 is 0 Å². The van der Waals surface area contributed by atoms with Crippen LogP contribution in [0, 0.1) is 23.7 Å². The lowest BCUT2D eigenvalue weighted by Crippen LogP contribution is -2.54. The van der Waals surface area contributed by atoms with Crippen LogP contribution in [-0.2, 0) is 45.0 Å². The number of phenolic OH excluding ortho intramolecular Hbond substituents is 2. The zero-order chi connectivity index (χ0) is 37.3. The summed E-state index contributed by atoms with van der Waals surface area (Å²) in [7, 11) is 0. The maximum Gasteiger partial charge on any atom is 0.334 e. The molecule has 1 fully saturated rings. The van der Waals surface area contributed by atoms with Crippen molar-refractivity contribution >= 4 is 17.7 Å². The molecule has 276 valence electrons. The van der Waals surface area contributed by atoms with E-state index in [2.05, 4.69) is 17.9 Å². The SMILES string of the molecule is CCCC1(O)C2CCC(=O)C(Cc3cccc(c3)CCC=C3CC(c4cc(O)cc(CO)c4)C#CC4CC(=O)Oc5cc(O)c(cc54)CC1OC3=O)C2. The van der Waals surface area contributed by atoms with Gasteiger partial charge in [0, 0.05) is 41.9 Å². The van der Waals surface area contributed by atoms with Crippen LogP contribution in [0.15, 0.2) is 66.2 Å². The normalized spacial score (nSPS) is 27.3. The molecule has 3 aromatic rings. The molecule has 6 unspecified atom stereocenters. The van der Waals surface area contributed by atoms with Crippen molar-refractivity contribution in [3.05, 3.63) is 99.6 Å². The van der Waals surface area contributed by atoms with Crippen LogP contribution < -0.4 is 4.74 Å². The molecule has 0 radical (unpaired) electrons. The third-order valence-corrected chi connectivity index (χ3v) is 11.5. The molecule has 6 atom stereocenters. The van der Waals surface area contributed by atoms with E-state index in [-0.39, 0.29) is 60.7 Å². The Labute approximate surface area is 309 Å². The summed E-state index contributed by atoms with van der Waals surface area (Å²) in [4.78, 5) is 40.8. The summed E-state index contributed by atoms with van der Waals surface area (Å²) in [5, 5.41) is 44.9. The second kappa shape index (κ2) is 15.2. The van der Waals surface area contributed by atoms with Gasteiger partial charge in [-0.1, -0.05) is 61.6 Å². The van der Waals surface area contributed by atoms with Crippen molar-refractivity contribution in [2.75, 3.05) is 0 Å². The van der Waals surface area contributed by atoms with Crippen LogP contribution in [0.4, 0.5) is 0 Å². The van der Waals surface area contributed by atoms with Gasteiger partial charge >= 0.3 is 11.9 Å². The van der Waals surface area contributed by atoms with Crippen LogP contribution in [0.2, 0.25) is 0 Å². The van der Waals surface area contributed by atoms with Crippen molar-refractivity contribution < 1.29 is 44.3 Å². The van der Waals surface area contributed by atoms with Gasteiger partial charge in [-0.2, -0.15) is 0 Å². The summed E-state index contributed by atoms with van der Waals surface area (Å²) in [5.41, 5.74) is 2.99. The van der Waals surface area contributed by atoms with Crippen LogP contribution in [0.3, 0.4) is 0 Å². The van der Waals surface area contributed by atoms with Crippen molar-refractivity contribution in [1.82, 2.24) is 0 Å². The molecule has 3 aliphatic heterocycles. The molecule has 4 aliphatic rings. The fourth-order valence-electron chi connectivity index (χ4n) is 8.77. The molecule has 0 aromatic heterocycles. The van der Waals surface area contributed by atoms with Crippen LogP contribution in [0.5, 0.6) is 17.2 Å². The highest BCUT2D eigenvalue weighted by Crippen LogP contribution is 2.45. The number of rotatable bonds is 4. The summed E-state index contributed by atoms with van der Waals surface area (Å²) in [6.45, 7) is 1.65. The molecule has 7 rings (SSSR count). The molecule has 0 amide bonds. The van der Waals surface area contributed by atoms with E-state index in [4.69, 9.17) is 9.47 Å². The Kier molecular flexibility index (Phi) is 10.5. The Hall–Kier alpha value is -4.91. The van der Waals surface area contributed by atoms with Crippen molar-refractivity contribution in [1.29, 1.82) is 0 Å². The predicted molar refractivity (Wildman–Crippen MR) is 196 cm³/mol. The smallest absolute Gasteiger partial charge is 0.334 e. The number of aliphatic hydroxyl groups is 2. The maximum absolute atomic E-state index is 14.6. The minimum Gasteiger partial charge on any atom is -0.508 e. The number of allylic oxidation sites excluding steroid dienone is 1. The summed E-state index contributed by atoms with van der Waals surface area (Å²) in [6, 6.07) is 16.1. The predicted octanol–water partition coefficient (Wildman–Crippen LogP) is 6.26. The Morgan fingerprint density at radius 1 is 0.906 bits per heavy atom. The van der Waals surface area contributed by atoms with E-state index in [0.717, 1.165) is 11.1 Å². The number of hydrogen-bond donors (Lipinski definition) is 4. The van der Waals surface area contributed by atoms with Crippen LogP contribution in [0.1, 0.15) is 104 Å². The largest absolute Gasteiger partial charge is 0.508 e. The third kappa shape index (κ3) is 7.76. The number of hydrogen-bond acceptors (Lipinski definition) is 9. The number of benzene rings is 3. The van der Waals surface area contributed by atoms with Gasteiger partial charge in [0.15, 0.2) is 0 Å². The third-order valence-electron chi connectivity index (χ3n) is 11.5. The number of aromatic hydroxyl groups is 2. The first-order valence-electron chi connectivity index (χ1n) is 18.8. The van der Waals surface area contributed by atoms with Crippen LogP contribution >= 0.6 is 0 Å². The number of aliphatic hydroxyl groups excluding tert-OH is 1. The Balaban J connectivity index is 1.42. The molecule has 0 saturated heterocycles. The molecule has 3 aromatic carbocycles. The minimum absolute atomic E-state index is 0.0194. The van der Waals surface area contributed by atoms with Gasteiger partial charge in [0.1, 0.15) is 34.7 Å². The van der Waals surface area contributed by atoms with Gasteiger partial charge in [0.05, 0.1) is 18.9 Å². The average Bonchev–Trinajstić information content (AvgIpc) is 3.13. The van der Waals surface area contributed by atoms with Gasteiger partial charge in [-0.3, -0.25) is 9.59 Å². The molecule has 3 heterocycles. The molecule has 9 heteroatoms. The fraction of sp³-hybridized carbons (Fsp3) is 0.432. The number of ketones is 1. The highest BCUT2D eigenvalue weighted by molar-refractivity contribution is 5.89. The van der Waals surface area contributed by atoms with Gasteiger partial charge in [-0.25, -0.2) is 4.79 Å². The summed E-state index contributed by atoms with van der Waals surface area (Å²) >= 11 is 0. The van der Waals surface area contributed by atoms with Gasteiger partial charge in [-0.15, -0.1) is 0 Å². The highest BCUT2D eigenvalue weighted by Gasteiger charge is 2.49. The molecule has 8 bridgehead atoms. The van der Waals surface area contributed by atoms with Gasteiger partial charge in [-0.05, 0) is 96.9 Å². The number of esters is 2. The molecule has 1 aliphatic carbocycles. The van der Waals surface area contributed by atoms with Crippen molar-refractivity contribution in [3.8, 4) is 29.1 Å². The van der Waals surface area contributed by atoms with Gasteiger partial charge in [0.2, 0.25) is 0 Å². The summed E-state index contributed by atoms with van der Waals surface area (Å²) in [6.07, 6.45) is 4.53. The van der Waals surface area contributed by atoms with Crippen molar-refractivity contribution in [3.63, 3.8) is 0 Å². The molecular weight excluding hydrogens is 672 g/mol. The highest BCUT2D eigenvalue weighted by atomic mass is 16.6. The number of ether oxygens (including phenoxy) is 2. The second-order valence-electron chi connectivity index (χ2n) is 15.2. The molecular formula is C44H46O9. The lowest BCUT2D eigenvalue weighted by Gasteiger charge is -2.45. The fourth-order valence-corrected chi connectivity index (χ4v) is 8.77. The monoisotopic (exact) mass is 718 g/mol. The molecule has 53 heavy (non-hydrogen) atoms. The average molecular weight is 719 g/mol. The first kappa shape index (κ1) is 36.4. The topological polar surface area (TPSA) is 151 Å². The van der Waals surface area contributed by atoms with Gasteiger partial charge in [0.25, 0.3) is 0 Å². The number of carbonyl (C=O) groups excluding carboxylic acids is 3. The number of Topliss-reactive ketones (excluding diaryl/α,β-unsaturated/α-hetero) is 1. The number of carbonyl (C=O) groups is 3. The number of aryl methyl sites for hydroxylation is 1. The summed E-state index contributed by atoms with van der Waals surface area (Å²) < 4.78 is 12.0. The molecule has 0 spiro atoms. The van der Waals surface area contributed by atoms with E-state index in [1.807, 2.05) is 31.2 Å². The van der Waals surface area contributed by atoms with E-state index in [1.54, 1.807) is 18.2 Å². The molecule has 1 saturated carbocycles. The van der Waals surface area contributed by atoms with Crippen molar-refractivity contribution in [2.45, 2.75) is 108 Å². The first-order chi connectivity index (χ1) is 25.5. The Morgan fingerprint density at radius 2 is 1.72 bits per heavy atom. The van der Waals surface area contributed by atoms with E-state index in [9.17, 15) is 34.8 Å².